The summed E-state index contributed by atoms with van der Waals surface area (Å²) >= 11 is 0. The number of benzene rings is 2. The molecule has 2 unspecified atom stereocenters. The van der Waals surface area contributed by atoms with Crippen LogP contribution in [-0.2, 0) is 32.0 Å². The fourth-order valence-electron chi connectivity index (χ4n) is 3.74. The van der Waals surface area contributed by atoms with Gasteiger partial charge in [-0.1, -0.05) is 80.9 Å². The van der Waals surface area contributed by atoms with E-state index in [0.29, 0.717) is 12.8 Å². The maximum absolute atomic E-state index is 13.1. The lowest BCUT2D eigenvalue weighted by atomic mass is 9.96. The van der Waals surface area contributed by atoms with Gasteiger partial charge in [0.1, 0.15) is 12.1 Å². The first-order chi connectivity index (χ1) is 16.7. The molecule has 0 saturated carbocycles. The van der Waals surface area contributed by atoms with E-state index in [2.05, 4.69) is 10.6 Å². The Balaban J connectivity index is 2.02. The zero-order valence-corrected chi connectivity index (χ0v) is 20.6. The molecule has 8 nitrogen and oxygen atoms in total. The summed E-state index contributed by atoms with van der Waals surface area (Å²) in [4.78, 5) is 38.2. The number of nitrogens with one attached hydrogen (secondary N) is 2. The van der Waals surface area contributed by atoms with Crippen LogP contribution in [0.4, 0.5) is 0 Å². The Hall–Kier alpha value is -3.23. The molecule has 0 spiro atoms. The van der Waals surface area contributed by atoms with Crippen LogP contribution in [0.3, 0.4) is 0 Å². The maximum Gasteiger partial charge on any atom is 0.328 e. The third-order valence-electron chi connectivity index (χ3n) is 6.10. The summed E-state index contributed by atoms with van der Waals surface area (Å²) in [5.41, 5.74) is 7.93. The highest BCUT2D eigenvalue weighted by Gasteiger charge is 2.31. The molecular formula is C27H37N3O5. The SMILES string of the molecule is CC[C@H](C)[C@H](NC(=O)CC(O)[C@@H](N)Cc1ccccc1)C(=O)NC(Cc1ccccc1)C(=O)OC. The van der Waals surface area contributed by atoms with Gasteiger partial charge in [-0.15, -0.1) is 0 Å². The monoisotopic (exact) mass is 483 g/mol. The lowest BCUT2D eigenvalue weighted by Crippen LogP contribution is -2.55. The van der Waals surface area contributed by atoms with Gasteiger partial charge in [-0.2, -0.15) is 0 Å². The minimum atomic E-state index is -1.07. The molecule has 5 atom stereocenters. The summed E-state index contributed by atoms with van der Waals surface area (Å²) in [5, 5.41) is 15.9. The molecule has 0 aromatic heterocycles. The van der Waals surface area contributed by atoms with Gasteiger partial charge in [0.25, 0.3) is 0 Å². The van der Waals surface area contributed by atoms with Crippen LogP contribution >= 0.6 is 0 Å². The molecule has 2 aromatic rings. The predicted molar refractivity (Wildman–Crippen MR) is 134 cm³/mol. The Morgan fingerprint density at radius 3 is 2.00 bits per heavy atom. The Morgan fingerprint density at radius 2 is 1.49 bits per heavy atom. The van der Waals surface area contributed by atoms with E-state index in [0.717, 1.165) is 11.1 Å². The van der Waals surface area contributed by atoms with Crippen LogP contribution in [0.5, 0.6) is 0 Å². The summed E-state index contributed by atoms with van der Waals surface area (Å²) in [6.07, 6.45) is -0.00994. The molecule has 8 heteroatoms. The second kappa shape index (κ2) is 14.2. The second-order valence-corrected chi connectivity index (χ2v) is 8.83. The number of nitrogens with two attached hydrogens (primary N) is 1. The maximum atomic E-state index is 13.1. The van der Waals surface area contributed by atoms with Crippen molar-refractivity contribution in [2.24, 2.45) is 11.7 Å². The van der Waals surface area contributed by atoms with Gasteiger partial charge in [-0.05, 0) is 23.5 Å². The fourth-order valence-corrected chi connectivity index (χ4v) is 3.74. The number of aliphatic hydroxyl groups is 1. The highest BCUT2D eigenvalue weighted by Crippen LogP contribution is 2.12. The van der Waals surface area contributed by atoms with Crippen molar-refractivity contribution in [2.75, 3.05) is 7.11 Å². The second-order valence-electron chi connectivity index (χ2n) is 8.83. The normalized spacial score (nSPS) is 15.2. The smallest absolute Gasteiger partial charge is 0.328 e. The summed E-state index contributed by atoms with van der Waals surface area (Å²) in [7, 11) is 1.26. The molecule has 5 N–H and O–H groups in total. The summed E-state index contributed by atoms with van der Waals surface area (Å²) in [6, 6.07) is 16.3. The first-order valence-corrected chi connectivity index (χ1v) is 11.9. The molecule has 0 saturated heterocycles. The van der Waals surface area contributed by atoms with Crippen molar-refractivity contribution in [3.8, 4) is 0 Å². The van der Waals surface area contributed by atoms with Gasteiger partial charge in [0.05, 0.1) is 19.6 Å². The van der Waals surface area contributed by atoms with E-state index in [-0.39, 0.29) is 18.8 Å². The third kappa shape index (κ3) is 9.15. The largest absolute Gasteiger partial charge is 0.467 e. The van der Waals surface area contributed by atoms with Gasteiger partial charge in [-0.3, -0.25) is 9.59 Å². The number of hydrogen-bond donors (Lipinski definition) is 4. The summed E-state index contributed by atoms with van der Waals surface area (Å²) in [5.74, 6) is -1.75. The Bertz CT molecular complexity index is 938. The van der Waals surface area contributed by atoms with Gasteiger partial charge in [0.15, 0.2) is 0 Å². The molecule has 0 aliphatic heterocycles. The van der Waals surface area contributed by atoms with Gasteiger partial charge in [-0.25, -0.2) is 4.79 Å². The van der Waals surface area contributed by atoms with Gasteiger partial charge in [0, 0.05) is 12.5 Å². The number of ether oxygens (including phenoxy) is 1. The number of aliphatic hydroxyl groups excluding tert-OH is 1. The van der Waals surface area contributed by atoms with Crippen molar-refractivity contribution >= 4 is 17.8 Å². The molecule has 0 fully saturated rings. The van der Waals surface area contributed by atoms with E-state index in [4.69, 9.17) is 10.5 Å². The lowest BCUT2D eigenvalue weighted by molar-refractivity contribution is -0.145. The van der Waals surface area contributed by atoms with Crippen molar-refractivity contribution in [3.63, 3.8) is 0 Å². The van der Waals surface area contributed by atoms with Crippen LogP contribution in [0.25, 0.3) is 0 Å². The summed E-state index contributed by atoms with van der Waals surface area (Å²) < 4.78 is 4.87. The zero-order chi connectivity index (χ0) is 25.8. The van der Waals surface area contributed by atoms with Crippen molar-refractivity contribution in [2.45, 2.75) is 63.8 Å². The molecule has 0 heterocycles. The number of amides is 2. The third-order valence-corrected chi connectivity index (χ3v) is 6.10. The van der Waals surface area contributed by atoms with E-state index < -0.39 is 42.0 Å². The van der Waals surface area contributed by atoms with E-state index >= 15 is 0 Å². The Labute approximate surface area is 207 Å². The van der Waals surface area contributed by atoms with E-state index in [1.807, 2.05) is 74.5 Å². The number of rotatable bonds is 13. The van der Waals surface area contributed by atoms with Crippen LogP contribution in [0.1, 0.15) is 37.8 Å². The van der Waals surface area contributed by atoms with Crippen molar-refractivity contribution in [1.29, 1.82) is 0 Å². The molecule has 2 aromatic carbocycles. The molecule has 2 amide bonds. The molecule has 35 heavy (non-hydrogen) atoms. The zero-order valence-electron chi connectivity index (χ0n) is 20.6. The van der Waals surface area contributed by atoms with E-state index in [1.165, 1.54) is 7.11 Å². The van der Waals surface area contributed by atoms with Gasteiger partial charge in [0.2, 0.25) is 11.8 Å². The molecule has 0 aliphatic carbocycles. The minimum absolute atomic E-state index is 0.205. The number of carbonyl (C=O) groups is 3. The first kappa shape index (κ1) is 28.0. The quantitative estimate of drug-likeness (QED) is 0.321. The molecule has 0 bridgehead atoms. The van der Waals surface area contributed by atoms with Crippen molar-refractivity contribution < 1.29 is 24.2 Å². The predicted octanol–water partition coefficient (Wildman–Crippen LogP) is 1.74. The van der Waals surface area contributed by atoms with Crippen LogP contribution in [-0.4, -0.2) is 54.2 Å². The van der Waals surface area contributed by atoms with Crippen molar-refractivity contribution in [3.05, 3.63) is 71.8 Å². The topological polar surface area (TPSA) is 131 Å². The van der Waals surface area contributed by atoms with Crippen molar-refractivity contribution in [1.82, 2.24) is 10.6 Å². The van der Waals surface area contributed by atoms with E-state index in [1.54, 1.807) is 0 Å². The van der Waals surface area contributed by atoms with Crippen LogP contribution < -0.4 is 16.4 Å². The van der Waals surface area contributed by atoms with Crippen LogP contribution in [0.2, 0.25) is 0 Å². The molecular weight excluding hydrogens is 446 g/mol. The standard InChI is InChI=1S/C27H37N3O5/c1-4-18(2)25(26(33)29-22(27(34)35-3)16-20-13-9-6-10-14-20)30-24(32)17-23(31)21(28)15-19-11-7-5-8-12-19/h5-14,18,21-23,25,31H,4,15-17,28H2,1-3H3,(H,29,33)(H,30,32)/t18-,21-,22?,23?,25-/m0/s1. The van der Waals surface area contributed by atoms with Gasteiger partial charge < -0.3 is 26.2 Å². The van der Waals surface area contributed by atoms with Crippen LogP contribution in [0.15, 0.2) is 60.7 Å². The molecule has 2 rings (SSSR count). The molecule has 0 aliphatic rings. The van der Waals surface area contributed by atoms with Crippen LogP contribution in [0, 0.1) is 5.92 Å². The van der Waals surface area contributed by atoms with Gasteiger partial charge >= 0.3 is 5.97 Å². The number of methoxy groups -OCH3 is 1. The number of carbonyl (C=O) groups excluding carboxylic acids is 3. The molecule has 190 valence electrons. The first-order valence-electron chi connectivity index (χ1n) is 11.9. The Kier molecular flexibility index (Phi) is 11.4. The summed E-state index contributed by atoms with van der Waals surface area (Å²) in [6.45, 7) is 3.75. The fraction of sp³-hybridized carbons (Fsp3) is 0.444. The van der Waals surface area contributed by atoms with E-state index in [9.17, 15) is 19.5 Å². The average molecular weight is 484 g/mol. The lowest BCUT2D eigenvalue weighted by Gasteiger charge is -2.27. The minimum Gasteiger partial charge on any atom is -0.467 e. The number of esters is 1. The number of hydrogen-bond acceptors (Lipinski definition) is 6. The highest BCUT2D eigenvalue weighted by atomic mass is 16.5. The highest BCUT2D eigenvalue weighted by molar-refractivity contribution is 5.91. The Morgan fingerprint density at radius 1 is 0.943 bits per heavy atom. The molecule has 0 radical (unpaired) electrons. The average Bonchev–Trinajstić information content (AvgIpc) is 2.86.